The van der Waals surface area contributed by atoms with E-state index < -0.39 is 11.9 Å². The second-order valence-corrected chi connectivity index (χ2v) is 14.0. The molecule has 252 valence electrons. The maximum absolute atomic E-state index is 14.5. The van der Waals surface area contributed by atoms with Gasteiger partial charge in [-0.05, 0) is 89.8 Å². The number of nitrogens with zero attached hydrogens (tertiary/aromatic N) is 3. The zero-order valence-electron chi connectivity index (χ0n) is 26.9. The molecule has 13 heteroatoms. The molecule has 1 amide bonds. The molecule has 1 aliphatic heterocycles. The summed E-state index contributed by atoms with van der Waals surface area (Å²) in [5.41, 5.74) is 5.61. The molecule has 0 fully saturated rings. The first-order valence-electron chi connectivity index (χ1n) is 15.2. The van der Waals surface area contributed by atoms with Gasteiger partial charge in [0.05, 0.1) is 22.2 Å². The van der Waals surface area contributed by atoms with Crippen molar-refractivity contribution in [2.45, 2.75) is 44.3 Å². The lowest BCUT2D eigenvalue weighted by Gasteiger charge is -2.29. The number of anilines is 2. The summed E-state index contributed by atoms with van der Waals surface area (Å²) in [6, 6.07) is 20.8. The van der Waals surface area contributed by atoms with Crippen molar-refractivity contribution in [3.8, 4) is 11.5 Å². The minimum Gasteiger partial charge on any atom is -0.493 e. The first-order valence-corrected chi connectivity index (χ1v) is 17.7. The molecule has 1 aromatic heterocycles. The largest absolute Gasteiger partial charge is 0.493 e. The fraction of sp³-hybridized carbons (Fsp3) is 0.194. The number of thioether (sulfide) groups is 1. The second kappa shape index (κ2) is 14.8. The lowest BCUT2D eigenvalue weighted by Crippen LogP contribution is -2.31. The van der Waals surface area contributed by atoms with E-state index in [0.29, 0.717) is 60.4 Å². The number of rotatable bonds is 10. The normalized spacial score (nSPS) is 13.9. The molecule has 6 rings (SSSR count). The number of hydrogen-bond acceptors (Lipinski definition) is 7. The zero-order chi connectivity index (χ0) is 34.8. The number of allylic oxidation sites excluding steroid dienone is 1. The van der Waals surface area contributed by atoms with Crippen LogP contribution in [0.15, 0.2) is 93.7 Å². The Hall–Kier alpha value is -4.03. The van der Waals surface area contributed by atoms with Crippen LogP contribution in [-0.2, 0) is 17.2 Å². The summed E-state index contributed by atoms with van der Waals surface area (Å²) in [5, 5.41) is 12.7. The Morgan fingerprint density at radius 3 is 2.57 bits per heavy atom. The molecule has 0 spiro atoms. The molecule has 0 aliphatic carbocycles. The summed E-state index contributed by atoms with van der Waals surface area (Å²) in [4.78, 5) is 19.0. The second-order valence-electron chi connectivity index (χ2n) is 11.4. The third-order valence-electron chi connectivity index (χ3n) is 8.01. The number of carbonyl (C=O) groups excluding carboxylic acids is 1. The fourth-order valence-electron chi connectivity index (χ4n) is 5.55. The Bertz CT molecular complexity index is 2090. The summed E-state index contributed by atoms with van der Waals surface area (Å²) in [6.45, 7) is 5.66. The summed E-state index contributed by atoms with van der Waals surface area (Å²) < 4.78 is 28.6. The number of amides is 1. The van der Waals surface area contributed by atoms with Crippen molar-refractivity contribution in [3.05, 3.63) is 132 Å². The van der Waals surface area contributed by atoms with Crippen molar-refractivity contribution in [1.29, 1.82) is 0 Å². The van der Waals surface area contributed by atoms with E-state index in [1.165, 1.54) is 31.0 Å². The summed E-state index contributed by atoms with van der Waals surface area (Å²) >= 11 is 17.7. The topological polar surface area (TPSA) is 90.3 Å². The van der Waals surface area contributed by atoms with E-state index >= 15 is 0 Å². The highest BCUT2D eigenvalue weighted by molar-refractivity contribution is 9.10. The number of aryl methyl sites for hydroxylation is 2. The Balaban J connectivity index is 1.39. The Labute approximate surface area is 306 Å². The predicted octanol–water partition coefficient (Wildman–Crippen LogP) is 9.91. The van der Waals surface area contributed by atoms with Crippen molar-refractivity contribution in [1.82, 2.24) is 14.8 Å². The van der Waals surface area contributed by atoms with Gasteiger partial charge in [-0.3, -0.25) is 4.79 Å². The maximum atomic E-state index is 14.5. The fourth-order valence-corrected chi connectivity index (χ4v) is 7.45. The van der Waals surface area contributed by atoms with Gasteiger partial charge >= 0.3 is 0 Å². The van der Waals surface area contributed by atoms with Crippen LogP contribution in [0, 0.1) is 19.7 Å². The van der Waals surface area contributed by atoms with Gasteiger partial charge in [0.15, 0.2) is 11.5 Å². The molecule has 2 N–H and O–H groups in total. The standard InChI is InChI=1S/C36H31BrCl2FN5O3S/c1-19-12-13-29(20(2)14-19)42-34(46)31-21(3)41-35-43-36(49-18-22-8-5-6-9-26(22)38)44-45(35)32(31)23-15-25(37)33(30(16-23)47-4)48-17-24-27(39)10-7-11-28(24)40/h5-16,32H,17-18H2,1-4H3,(H,42,46)(H,41,43,44). The number of benzene rings is 4. The number of methoxy groups -OCH3 is 1. The van der Waals surface area contributed by atoms with Crippen LogP contribution in [0.1, 0.15) is 40.8 Å². The Kier molecular flexibility index (Phi) is 10.5. The molecular formula is C36H31BrCl2FN5O3S. The van der Waals surface area contributed by atoms with Crippen LogP contribution < -0.4 is 20.1 Å². The minimum atomic E-state index is -0.718. The van der Waals surface area contributed by atoms with E-state index in [1.807, 2.05) is 69.3 Å². The summed E-state index contributed by atoms with van der Waals surface area (Å²) in [5.74, 6) is 0.941. The highest BCUT2D eigenvalue weighted by Gasteiger charge is 2.36. The predicted molar refractivity (Wildman–Crippen MR) is 196 cm³/mol. The van der Waals surface area contributed by atoms with E-state index in [0.717, 1.165) is 16.7 Å². The van der Waals surface area contributed by atoms with Crippen molar-refractivity contribution in [2.75, 3.05) is 17.7 Å². The monoisotopic (exact) mass is 781 g/mol. The molecular weight excluding hydrogens is 752 g/mol. The van der Waals surface area contributed by atoms with Gasteiger partial charge in [-0.2, -0.15) is 4.98 Å². The van der Waals surface area contributed by atoms with Crippen LogP contribution in [0.25, 0.3) is 0 Å². The number of aromatic nitrogens is 3. The molecule has 4 aromatic carbocycles. The lowest BCUT2D eigenvalue weighted by molar-refractivity contribution is -0.113. The number of nitrogens with one attached hydrogen (secondary N) is 2. The van der Waals surface area contributed by atoms with Gasteiger partial charge in [-0.1, -0.05) is 76.9 Å². The molecule has 5 aromatic rings. The van der Waals surface area contributed by atoms with E-state index in [2.05, 4.69) is 26.6 Å². The zero-order valence-corrected chi connectivity index (χ0v) is 30.8. The van der Waals surface area contributed by atoms with Crippen LogP contribution in [-0.4, -0.2) is 27.8 Å². The number of carbonyl (C=O) groups is 1. The van der Waals surface area contributed by atoms with Gasteiger partial charge in [0.2, 0.25) is 11.1 Å². The molecule has 8 nitrogen and oxygen atoms in total. The number of ether oxygens (including phenoxy) is 2. The maximum Gasteiger partial charge on any atom is 0.255 e. The highest BCUT2D eigenvalue weighted by atomic mass is 79.9. The molecule has 1 atom stereocenters. The van der Waals surface area contributed by atoms with E-state index in [9.17, 15) is 9.18 Å². The average molecular weight is 784 g/mol. The van der Waals surface area contributed by atoms with Crippen molar-refractivity contribution in [2.24, 2.45) is 0 Å². The quantitative estimate of drug-likeness (QED) is 0.136. The third kappa shape index (κ3) is 7.45. The van der Waals surface area contributed by atoms with Gasteiger partial charge in [-0.15, -0.1) is 5.10 Å². The van der Waals surface area contributed by atoms with Crippen molar-refractivity contribution >= 4 is 68.4 Å². The van der Waals surface area contributed by atoms with Gasteiger partial charge in [0, 0.05) is 27.7 Å². The first-order chi connectivity index (χ1) is 23.5. The number of halogens is 4. The summed E-state index contributed by atoms with van der Waals surface area (Å²) in [7, 11) is 1.51. The van der Waals surface area contributed by atoms with Crippen LogP contribution in [0.5, 0.6) is 11.5 Å². The van der Waals surface area contributed by atoms with Crippen molar-refractivity contribution < 1.29 is 18.7 Å². The minimum absolute atomic E-state index is 0.130. The van der Waals surface area contributed by atoms with Gasteiger partial charge in [0.1, 0.15) is 18.5 Å². The van der Waals surface area contributed by atoms with Crippen LogP contribution in [0.2, 0.25) is 10.0 Å². The third-order valence-corrected chi connectivity index (χ3v) is 10.2. The molecule has 0 radical (unpaired) electrons. The Morgan fingerprint density at radius 1 is 1.06 bits per heavy atom. The SMILES string of the molecule is COc1cc(C2C(C(=O)Nc3ccc(C)cc3C)=C(C)Nc3nc(SCc4ccccc4Cl)nn32)cc(Br)c1OCc1c(F)cccc1Cl. The highest BCUT2D eigenvalue weighted by Crippen LogP contribution is 2.44. The number of fused-ring (bicyclic) bond motifs is 1. The molecule has 2 heterocycles. The molecule has 49 heavy (non-hydrogen) atoms. The lowest BCUT2D eigenvalue weighted by atomic mass is 9.94. The van der Waals surface area contributed by atoms with Crippen molar-refractivity contribution in [3.63, 3.8) is 0 Å². The van der Waals surface area contributed by atoms with E-state index in [-0.39, 0.29) is 23.1 Å². The Morgan fingerprint density at radius 2 is 1.84 bits per heavy atom. The summed E-state index contributed by atoms with van der Waals surface area (Å²) in [6.07, 6.45) is 0. The molecule has 0 saturated carbocycles. The molecule has 1 aliphatic rings. The van der Waals surface area contributed by atoms with Crippen LogP contribution >= 0.6 is 50.9 Å². The molecule has 1 unspecified atom stereocenters. The van der Waals surface area contributed by atoms with Gasteiger partial charge < -0.3 is 20.1 Å². The van der Waals surface area contributed by atoms with E-state index in [4.69, 9.17) is 42.8 Å². The average Bonchev–Trinajstić information content (AvgIpc) is 3.47. The van der Waals surface area contributed by atoms with Gasteiger partial charge in [0.25, 0.3) is 5.91 Å². The molecule has 0 saturated heterocycles. The first kappa shape index (κ1) is 34.8. The van der Waals surface area contributed by atoms with Gasteiger partial charge in [-0.25, -0.2) is 9.07 Å². The van der Waals surface area contributed by atoms with Crippen LogP contribution in [0.3, 0.4) is 0 Å². The van der Waals surface area contributed by atoms with Crippen LogP contribution in [0.4, 0.5) is 16.0 Å². The smallest absolute Gasteiger partial charge is 0.255 e. The van der Waals surface area contributed by atoms with E-state index in [1.54, 1.807) is 16.8 Å². The number of hydrogen-bond donors (Lipinski definition) is 2. The molecule has 0 bridgehead atoms.